The summed E-state index contributed by atoms with van der Waals surface area (Å²) in [5.41, 5.74) is 5.07. The number of fused-ring (bicyclic) bond motifs is 1. The molecule has 0 atom stereocenters. The Labute approximate surface area is 83.2 Å². The highest BCUT2D eigenvalue weighted by atomic mass is 16.2. The van der Waals surface area contributed by atoms with Gasteiger partial charge in [-0.25, -0.2) is 0 Å². The summed E-state index contributed by atoms with van der Waals surface area (Å²) in [4.78, 5) is 21.9. The maximum absolute atomic E-state index is 11.5. The topological polar surface area (TPSA) is 72.2 Å². The second-order valence-electron chi connectivity index (χ2n) is 4.44. The predicted molar refractivity (Wildman–Crippen MR) is 51.2 cm³/mol. The van der Waals surface area contributed by atoms with Crippen LogP contribution < -0.4 is 11.1 Å². The van der Waals surface area contributed by atoms with Gasteiger partial charge in [0.2, 0.25) is 11.8 Å². The highest BCUT2D eigenvalue weighted by Crippen LogP contribution is 2.75. The normalized spacial score (nSPS) is 31.9. The molecule has 3 N–H and O–H groups in total. The fourth-order valence-corrected chi connectivity index (χ4v) is 1.87. The molecule has 0 aromatic heterocycles. The number of carbonyl (C=O) groups is 2. The van der Waals surface area contributed by atoms with Crippen molar-refractivity contribution in [3.63, 3.8) is 0 Å². The molecule has 0 heterocycles. The number of nitrogens with two attached hydrogens (primary N) is 1. The zero-order valence-corrected chi connectivity index (χ0v) is 8.21. The summed E-state index contributed by atoms with van der Waals surface area (Å²) in [6.07, 6.45) is 4.23. The average Bonchev–Trinajstić information content (AvgIpc) is 2.88. The van der Waals surface area contributed by atoms with Gasteiger partial charge in [0.1, 0.15) is 0 Å². The van der Waals surface area contributed by atoms with E-state index in [1.165, 1.54) is 0 Å². The lowest BCUT2D eigenvalue weighted by molar-refractivity contribution is -0.124. The van der Waals surface area contributed by atoms with Crippen molar-refractivity contribution in [1.29, 1.82) is 0 Å². The molecule has 2 aliphatic rings. The second-order valence-corrected chi connectivity index (χ2v) is 4.44. The van der Waals surface area contributed by atoms with Gasteiger partial charge in [-0.15, -0.1) is 0 Å². The molecule has 2 saturated carbocycles. The van der Waals surface area contributed by atoms with Crippen LogP contribution in [0.4, 0.5) is 0 Å². The third-order valence-corrected chi connectivity index (χ3v) is 3.27. The highest BCUT2D eigenvalue weighted by Gasteiger charge is 2.74. The van der Waals surface area contributed by atoms with Crippen LogP contribution in [0, 0.1) is 11.3 Å². The molecule has 0 bridgehead atoms. The molecule has 14 heavy (non-hydrogen) atoms. The van der Waals surface area contributed by atoms with Crippen molar-refractivity contribution < 1.29 is 9.59 Å². The average molecular weight is 196 g/mol. The molecule has 0 unspecified atom stereocenters. The monoisotopic (exact) mass is 196 g/mol. The van der Waals surface area contributed by atoms with Crippen molar-refractivity contribution >= 4 is 11.8 Å². The molecule has 2 rings (SSSR count). The number of amides is 2. The van der Waals surface area contributed by atoms with E-state index in [4.69, 9.17) is 5.73 Å². The molecule has 2 aliphatic carbocycles. The third-order valence-electron chi connectivity index (χ3n) is 3.27. The zero-order valence-electron chi connectivity index (χ0n) is 8.21. The maximum Gasteiger partial charge on any atom is 0.226 e. The number of rotatable bonds is 6. The largest absolute Gasteiger partial charge is 0.370 e. The molecule has 2 amide bonds. The highest BCUT2D eigenvalue weighted by molar-refractivity contribution is 5.89. The molecular weight excluding hydrogens is 180 g/mol. The van der Waals surface area contributed by atoms with Crippen molar-refractivity contribution in [2.45, 2.75) is 32.1 Å². The van der Waals surface area contributed by atoms with Crippen molar-refractivity contribution in [3.05, 3.63) is 0 Å². The van der Waals surface area contributed by atoms with Crippen LogP contribution in [0.1, 0.15) is 32.1 Å². The number of carbonyl (C=O) groups excluding carboxylic acids is 2. The molecule has 0 spiro atoms. The quantitative estimate of drug-likeness (QED) is 0.594. The van der Waals surface area contributed by atoms with Gasteiger partial charge in [-0.3, -0.25) is 9.59 Å². The van der Waals surface area contributed by atoms with Crippen LogP contribution in [-0.2, 0) is 9.59 Å². The van der Waals surface area contributed by atoms with E-state index in [1.54, 1.807) is 0 Å². The first-order valence-electron chi connectivity index (χ1n) is 5.22. The van der Waals surface area contributed by atoms with Gasteiger partial charge in [-0.2, -0.15) is 0 Å². The van der Waals surface area contributed by atoms with Crippen LogP contribution in [0.5, 0.6) is 0 Å². The molecule has 78 valence electrons. The summed E-state index contributed by atoms with van der Waals surface area (Å²) < 4.78 is 0. The van der Waals surface area contributed by atoms with Crippen LogP contribution in [-0.4, -0.2) is 18.4 Å². The van der Waals surface area contributed by atoms with Crippen LogP contribution in [0.2, 0.25) is 0 Å². The van der Waals surface area contributed by atoms with Crippen molar-refractivity contribution in [3.8, 4) is 0 Å². The number of nitrogens with one attached hydrogen (secondary N) is 1. The van der Waals surface area contributed by atoms with E-state index in [9.17, 15) is 9.59 Å². The second kappa shape index (κ2) is 3.26. The number of hydrogen-bond donors (Lipinski definition) is 2. The maximum atomic E-state index is 11.5. The first-order valence-corrected chi connectivity index (χ1v) is 5.22. The Morgan fingerprint density at radius 1 is 1.36 bits per heavy atom. The summed E-state index contributed by atoms with van der Waals surface area (Å²) in [7, 11) is 0. The van der Waals surface area contributed by atoms with E-state index in [1.807, 2.05) is 0 Å². The van der Waals surface area contributed by atoms with Crippen LogP contribution >= 0.6 is 0 Å². The molecule has 0 aromatic rings. The van der Waals surface area contributed by atoms with E-state index < -0.39 is 0 Å². The summed E-state index contributed by atoms with van der Waals surface area (Å²) in [5, 5.41) is 2.91. The van der Waals surface area contributed by atoms with Gasteiger partial charge >= 0.3 is 0 Å². The van der Waals surface area contributed by atoms with E-state index in [-0.39, 0.29) is 17.2 Å². The lowest BCUT2D eigenvalue weighted by Crippen LogP contribution is -2.28. The summed E-state index contributed by atoms with van der Waals surface area (Å²) >= 11 is 0. The van der Waals surface area contributed by atoms with Crippen molar-refractivity contribution in [2.75, 3.05) is 6.54 Å². The Bertz CT molecular complexity index is 269. The van der Waals surface area contributed by atoms with Crippen molar-refractivity contribution in [2.24, 2.45) is 17.1 Å². The number of hydrogen-bond acceptors (Lipinski definition) is 2. The minimum absolute atomic E-state index is 0.0731. The predicted octanol–water partition coefficient (Wildman–Crippen LogP) is 0.168. The zero-order chi connectivity index (χ0) is 10.2. The van der Waals surface area contributed by atoms with Gasteiger partial charge in [0.25, 0.3) is 0 Å². The lowest BCUT2D eigenvalue weighted by Gasteiger charge is -2.05. The smallest absolute Gasteiger partial charge is 0.226 e. The number of primary amides is 1. The van der Waals surface area contributed by atoms with Gasteiger partial charge in [0.05, 0.1) is 5.41 Å². The first kappa shape index (κ1) is 9.49. The minimum Gasteiger partial charge on any atom is -0.370 e. The fourth-order valence-electron chi connectivity index (χ4n) is 1.87. The molecule has 4 nitrogen and oxygen atoms in total. The minimum atomic E-state index is -0.264. The third kappa shape index (κ3) is 1.74. The van der Waals surface area contributed by atoms with E-state index in [2.05, 4.69) is 5.32 Å². The lowest BCUT2D eigenvalue weighted by atomic mass is 10.2. The molecular formula is C10H16N2O2. The van der Waals surface area contributed by atoms with E-state index >= 15 is 0 Å². The Morgan fingerprint density at radius 3 is 2.50 bits per heavy atom. The van der Waals surface area contributed by atoms with Crippen LogP contribution in [0.25, 0.3) is 0 Å². The standard InChI is InChI=1S/C10H16N2O2/c11-8(13)3-1-2-4-12-9(14)10-5-7(10)6-10/h7H,1-6H2,(H2,11,13)(H,12,14). The fraction of sp³-hybridized carbons (Fsp3) is 0.800. The molecule has 2 fully saturated rings. The molecule has 0 radical (unpaired) electrons. The Morgan fingerprint density at radius 2 is 2.00 bits per heavy atom. The van der Waals surface area contributed by atoms with Gasteiger partial charge in [-0.1, -0.05) is 0 Å². The summed E-state index contributed by atoms with van der Waals surface area (Å²) in [6.45, 7) is 0.681. The van der Waals surface area contributed by atoms with E-state index in [0.717, 1.165) is 25.7 Å². The molecule has 0 aliphatic heterocycles. The summed E-state index contributed by atoms with van der Waals surface area (Å²) in [5.74, 6) is 0.661. The Balaban J connectivity index is 1.51. The molecule has 4 heteroatoms. The van der Waals surface area contributed by atoms with Gasteiger partial charge in [0.15, 0.2) is 0 Å². The van der Waals surface area contributed by atoms with Gasteiger partial charge < -0.3 is 11.1 Å². The molecule has 0 aromatic carbocycles. The molecule has 0 saturated heterocycles. The van der Waals surface area contributed by atoms with Gasteiger partial charge in [-0.05, 0) is 31.6 Å². The van der Waals surface area contributed by atoms with E-state index in [0.29, 0.717) is 18.9 Å². The Hall–Kier alpha value is -1.06. The Kier molecular flexibility index (Phi) is 2.21. The van der Waals surface area contributed by atoms with Gasteiger partial charge in [0, 0.05) is 13.0 Å². The van der Waals surface area contributed by atoms with Crippen molar-refractivity contribution in [1.82, 2.24) is 5.32 Å². The van der Waals surface area contributed by atoms with Crippen LogP contribution in [0.15, 0.2) is 0 Å². The SMILES string of the molecule is NC(=O)CCCCNC(=O)C12CC1C2. The summed E-state index contributed by atoms with van der Waals surface area (Å²) in [6, 6.07) is 0. The first-order chi connectivity index (χ1) is 6.65. The van der Waals surface area contributed by atoms with Crippen LogP contribution in [0.3, 0.4) is 0 Å². The number of unbranched alkanes of at least 4 members (excludes halogenated alkanes) is 1.